The van der Waals surface area contributed by atoms with Gasteiger partial charge in [-0.3, -0.25) is 14.4 Å². The van der Waals surface area contributed by atoms with E-state index in [1.165, 1.54) is 12.5 Å². The van der Waals surface area contributed by atoms with E-state index in [1.54, 1.807) is 0 Å². The predicted octanol–water partition coefficient (Wildman–Crippen LogP) is 3.80. The van der Waals surface area contributed by atoms with Gasteiger partial charge in [-0.15, -0.1) is 0 Å². The number of allylic oxidation sites excluding steroid dienone is 1. The van der Waals surface area contributed by atoms with Crippen LogP contribution < -0.4 is 5.32 Å². The van der Waals surface area contributed by atoms with E-state index in [9.17, 15) is 24.3 Å². The molecule has 0 aliphatic heterocycles. The third-order valence-electron chi connectivity index (χ3n) is 9.46. The number of carbonyl (C=O) groups is 4. The Balaban J connectivity index is 1.40. The monoisotopic (exact) mass is 459 g/mol. The van der Waals surface area contributed by atoms with Crippen LogP contribution in [-0.4, -0.2) is 40.9 Å². The lowest BCUT2D eigenvalue weighted by atomic mass is 9.47. The summed E-state index contributed by atoms with van der Waals surface area (Å²) in [6, 6.07) is -1.08. The molecule has 182 valence electrons. The highest BCUT2D eigenvalue weighted by Gasteiger charge is 2.59. The first kappa shape index (κ1) is 24.0. The number of carboxylic acid groups (broad SMARTS) is 1. The second-order valence-electron chi connectivity index (χ2n) is 11.2. The fourth-order valence-corrected chi connectivity index (χ4v) is 7.69. The molecule has 7 nitrogen and oxygen atoms in total. The van der Waals surface area contributed by atoms with Crippen molar-refractivity contribution in [1.82, 2.24) is 5.32 Å². The minimum atomic E-state index is -1.15. The van der Waals surface area contributed by atoms with E-state index < -0.39 is 17.9 Å². The quantitative estimate of drug-likeness (QED) is 0.585. The van der Waals surface area contributed by atoms with E-state index in [-0.39, 0.29) is 41.5 Å². The lowest BCUT2D eigenvalue weighted by molar-refractivity contribution is -0.160. The van der Waals surface area contributed by atoms with Gasteiger partial charge in [0.05, 0.1) is 0 Å². The van der Waals surface area contributed by atoms with Gasteiger partial charge in [-0.2, -0.15) is 0 Å². The van der Waals surface area contributed by atoms with E-state index >= 15 is 0 Å². The first-order valence-electron chi connectivity index (χ1n) is 12.5. The molecule has 0 radical (unpaired) electrons. The molecule has 0 aromatic rings. The van der Waals surface area contributed by atoms with E-state index in [2.05, 4.69) is 19.2 Å². The molecule has 4 aliphatic carbocycles. The van der Waals surface area contributed by atoms with Crippen LogP contribution in [0.5, 0.6) is 0 Å². The molecule has 7 unspecified atom stereocenters. The summed E-state index contributed by atoms with van der Waals surface area (Å²) < 4.78 is 5.94. The van der Waals surface area contributed by atoms with Crippen LogP contribution in [0.1, 0.15) is 85.0 Å². The highest BCUT2D eigenvalue weighted by Crippen LogP contribution is 2.65. The molecular weight excluding hydrogens is 422 g/mol. The van der Waals surface area contributed by atoms with Gasteiger partial charge in [-0.25, -0.2) is 4.79 Å². The molecule has 2 N–H and O–H groups in total. The van der Waals surface area contributed by atoms with Crippen molar-refractivity contribution in [1.29, 1.82) is 0 Å². The van der Waals surface area contributed by atoms with Gasteiger partial charge in [-0.1, -0.05) is 19.4 Å². The fourth-order valence-electron chi connectivity index (χ4n) is 7.69. The second-order valence-corrected chi connectivity index (χ2v) is 11.2. The van der Waals surface area contributed by atoms with Gasteiger partial charge >= 0.3 is 11.9 Å². The molecule has 7 heteroatoms. The maximum absolute atomic E-state index is 12.6. The van der Waals surface area contributed by atoms with E-state index in [4.69, 9.17) is 4.74 Å². The Bertz CT molecular complexity index is 880. The number of ether oxygens (including phenoxy) is 1. The molecule has 1 amide bonds. The van der Waals surface area contributed by atoms with Crippen LogP contribution in [0.2, 0.25) is 0 Å². The zero-order valence-corrected chi connectivity index (χ0v) is 20.0. The minimum Gasteiger partial charge on any atom is -0.480 e. The molecular formula is C26H37NO6. The number of hydrogen-bond donors (Lipinski definition) is 2. The molecule has 3 saturated carbocycles. The Morgan fingerprint density at radius 2 is 1.88 bits per heavy atom. The highest BCUT2D eigenvalue weighted by molar-refractivity contribution is 5.91. The molecule has 0 aromatic carbocycles. The number of amides is 1. The average Bonchev–Trinajstić information content (AvgIpc) is 3.07. The number of carbonyl (C=O) groups excluding carboxylic acids is 3. The second kappa shape index (κ2) is 8.88. The Morgan fingerprint density at radius 3 is 2.58 bits per heavy atom. The number of esters is 1. The Hall–Kier alpha value is -2.18. The highest BCUT2D eigenvalue weighted by atomic mass is 16.5. The van der Waals surface area contributed by atoms with Gasteiger partial charge in [0.1, 0.15) is 12.1 Å². The van der Waals surface area contributed by atoms with Crippen molar-refractivity contribution in [3.05, 3.63) is 11.6 Å². The number of rotatable bonds is 6. The number of hydrogen-bond acceptors (Lipinski definition) is 5. The molecule has 0 spiro atoms. The summed E-state index contributed by atoms with van der Waals surface area (Å²) >= 11 is 0. The molecule has 0 aromatic heterocycles. The summed E-state index contributed by atoms with van der Waals surface area (Å²) in [5, 5.41) is 11.6. The summed E-state index contributed by atoms with van der Waals surface area (Å²) in [6.45, 7) is 5.90. The topological polar surface area (TPSA) is 110 Å². The Labute approximate surface area is 195 Å². The zero-order chi connectivity index (χ0) is 24.0. The van der Waals surface area contributed by atoms with Crippen molar-refractivity contribution in [2.75, 3.05) is 0 Å². The van der Waals surface area contributed by atoms with Crippen LogP contribution in [-0.2, 0) is 23.9 Å². The fraction of sp³-hybridized carbons (Fsp3) is 0.769. The van der Waals surface area contributed by atoms with E-state index in [1.807, 2.05) is 6.08 Å². The number of ketones is 1. The normalized spacial score (nSPS) is 38.3. The third kappa shape index (κ3) is 4.35. The third-order valence-corrected chi connectivity index (χ3v) is 9.46. The largest absolute Gasteiger partial charge is 0.480 e. The van der Waals surface area contributed by atoms with Crippen molar-refractivity contribution in [2.24, 2.45) is 28.6 Å². The van der Waals surface area contributed by atoms with Crippen molar-refractivity contribution < 1.29 is 29.0 Å². The summed E-state index contributed by atoms with van der Waals surface area (Å²) in [5.41, 5.74) is 1.43. The summed E-state index contributed by atoms with van der Waals surface area (Å²) in [6.07, 6.45) is 9.51. The molecule has 0 bridgehead atoms. The molecule has 33 heavy (non-hydrogen) atoms. The van der Waals surface area contributed by atoms with Crippen molar-refractivity contribution in [3.8, 4) is 0 Å². The molecule has 4 rings (SSSR count). The lowest BCUT2D eigenvalue weighted by Gasteiger charge is -2.57. The maximum Gasteiger partial charge on any atom is 0.326 e. The minimum absolute atomic E-state index is 0.0253. The summed E-state index contributed by atoms with van der Waals surface area (Å²) in [7, 11) is 0. The van der Waals surface area contributed by atoms with Gasteiger partial charge in [0.2, 0.25) is 5.91 Å². The van der Waals surface area contributed by atoms with E-state index in [0.717, 1.165) is 44.9 Å². The number of nitrogens with one attached hydrogen (secondary N) is 1. The zero-order valence-electron chi connectivity index (χ0n) is 20.0. The SMILES string of the molecule is CC(=O)NC(CCC(=O)OC1CCC2C3CCC4=CC(=O)CCC4(C)C3CCC12C)C(=O)O. The smallest absolute Gasteiger partial charge is 0.326 e. The standard InChI is InChI=1S/C26H37NO6/c1-15(28)27-21(24(31)32)7-9-23(30)33-22-8-6-19-18-5-4-16-14-17(29)10-12-25(16,2)20(18)11-13-26(19,22)3/h14,18-22H,4-13H2,1-3H3,(H,27,28)(H,31,32). The first-order chi connectivity index (χ1) is 15.5. The average molecular weight is 460 g/mol. The van der Waals surface area contributed by atoms with Crippen molar-refractivity contribution >= 4 is 23.6 Å². The molecule has 0 heterocycles. The number of aliphatic carboxylic acids is 1. The lowest BCUT2D eigenvalue weighted by Crippen LogP contribution is -2.51. The molecule has 7 atom stereocenters. The van der Waals surface area contributed by atoms with Crippen LogP contribution in [0.15, 0.2) is 11.6 Å². The van der Waals surface area contributed by atoms with Crippen LogP contribution in [0.4, 0.5) is 0 Å². The van der Waals surface area contributed by atoms with E-state index in [0.29, 0.717) is 24.2 Å². The Morgan fingerprint density at radius 1 is 1.12 bits per heavy atom. The summed E-state index contributed by atoms with van der Waals surface area (Å²) in [4.78, 5) is 47.2. The van der Waals surface area contributed by atoms with Crippen molar-refractivity contribution in [3.63, 3.8) is 0 Å². The first-order valence-corrected chi connectivity index (χ1v) is 12.5. The van der Waals surface area contributed by atoms with Crippen LogP contribution in [0.25, 0.3) is 0 Å². The molecule has 4 aliphatic rings. The van der Waals surface area contributed by atoms with Gasteiger partial charge in [0.25, 0.3) is 0 Å². The molecule has 3 fully saturated rings. The van der Waals surface area contributed by atoms with Gasteiger partial charge < -0.3 is 15.2 Å². The van der Waals surface area contributed by atoms with Gasteiger partial charge in [0, 0.05) is 25.2 Å². The predicted molar refractivity (Wildman–Crippen MR) is 121 cm³/mol. The summed E-state index contributed by atoms with van der Waals surface area (Å²) in [5.74, 6) is 0.0144. The van der Waals surface area contributed by atoms with Crippen LogP contribution in [0, 0.1) is 28.6 Å². The number of fused-ring (bicyclic) bond motifs is 5. The maximum atomic E-state index is 12.6. The molecule has 0 saturated heterocycles. The van der Waals surface area contributed by atoms with Gasteiger partial charge in [-0.05, 0) is 80.6 Å². The van der Waals surface area contributed by atoms with Crippen LogP contribution in [0.3, 0.4) is 0 Å². The van der Waals surface area contributed by atoms with Gasteiger partial charge in [0.15, 0.2) is 5.78 Å². The van der Waals surface area contributed by atoms with Crippen LogP contribution >= 0.6 is 0 Å². The number of carboxylic acids is 1. The Kier molecular flexibility index (Phi) is 6.45. The van der Waals surface area contributed by atoms with Crippen molar-refractivity contribution in [2.45, 2.75) is 97.1 Å².